The molecule has 1 saturated carbocycles. The van der Waals surface area contributed by atoms with Gasteiger partial charge in [0, 0.05) is 18.0 Å². The van der Waals surface area contributed by atoms with Crippen LogP contribution in [0.3, 0.4) is 0 Å². The van der Waals surface area contributed by atoms with E-state index >= 15 is 0 Å². The molecule has 3 rings (SSSR count). The first-order valence-electron chi connectivity index (χ1n) is 13.7. The highest BCUT2D eigenvalue weighted by Crippen LogP contribution is 2.34. The summed E-state index contributed by atoms with van der Waals surface area (Å²) in [5.41, 5.74) is 3.86. The fourth-order valence-electron chi connectivity index (χ4n) is 5.25. The van der Waals surface area contributed by atoms with Crippen LogP contribution in [0.1, 0.15) is 115 Å². The molecule has 1 heterocycles. The van der Waals surface area contributed by atoms with Gasteiger partial charge in [0.25, 0.3) is 0 Å². The van der Waals surface area contributed by atoms with Crippen molar-refractivity contribution in [2.75, 3.05) is 0 Å². The molecular weight excluding hydrogens is 388 g/mol. The second-order valence-electron chi connectivity index (χ2n) is 10.2. The Morgan fingerprint density at radius 2 is 1.22 bits per heavy atom. The number of benzene rings is 1. The highest BCUT2D eigenvalue weighted by Gasteiger charge is 2.20. The van der Waals surface area contributed by atoms with Gasteiger partial charge in [-0.2, -0.15) is 0 Å². The zero-order valence-electron chi connectivity index (χ0n) is 20.8. The second-order valence-corrected chi connectivity index (χ2v) is 10.2. The Morgan fingerprint density at radius 1 is 0.625 bits per heavy atom. The topological polar surface area (TPSA) is 25.8 Å². The van der Waals surface area contributed by atoms with Crippen molar-refractivity contribution in [3.8, 4) is 11.4 Å². The van der Waals surface area contributed by atoms with Crippen LogP contribution in [0.2, 0.25) is 0 Å². The molecule has 2 aromatic rings. The summed E-state index contributed by atoms with van der Waals surface area (Å²) in [7, 11) is 0. The van der Waals surface area contributed by atoms with Crippen LogP contribution < -0.4 is 0 Å². The third kappa shape index (κ3) is 8.68. The van der Waals surface area contributed by atoms with Gasteiger partial charge in [0.05, 0.1) is 0 Å². The van der Waals surface area contributed by atoms with Gasteiger partial charge in [0.1, 0.15) is 0 Å². The average molecular weight is 435 g/mol. The maximum absolute atomic E-state index is 4.68. The quantitative estimate of drug-likeness (QED) is 0.277. The van der Waals surface area contributed by atoms with Gasteiger partial charge in [-0.15, -0.1) is 0 Å². The first kappa shape index (κ1) is 24.9. The summed E-state index contributed by atoms with van der Waals surface area (Å²) >= 11 is 0. The maximum Gasteiger partial charge on any atom is 0.159 e. The SMILES string of the molecule is CCCCCCCc1ccc(-c2ncc(CCC3CCC(CCCCC)CC3)cn2)cc1. The van der Waals surface area contributed by atoms with E-state index in [9.17, 15) is 0 Å². The number of rotatable bonds is 14. The van der Waals surface area contributed by atoms with Crippen LogP contribution in [0.25, 0.3) is 11.4 Å². The van der Waals surface area contributed by atoms with Crippen LogP contribution in [-0.2, 0) is 12.8 Å². The van der Waals surface area contributed by atoms with Crippen LogP contribution in [0.4, 0.5) is 0 Å². The first-order chi connectivity index (χ1) is 15.8. The lowest BCUT2D eigenvalue weighted by atomic mass is 9.78. The predicted molar refractivity (Wildman–Crippen MR) is 138 cm³/mol. The van der Waals surface area contributed by atoms with Gasteiger partial charge in [-0.05, 0) is 48.6 Å². The van der Waals surface area contributed by atoms with Gasteiger partial charge in [0.15, 0.2) is 5.82 Å². The second kappa shape index (κ2) is 14.4. The lowest BCUT2D eigenvalue weighted by Gasteiger charge is -2.28. The van der Waals surface area contributed by atoms with E-state index < -0.39 is 0 Å². The van der Waals surface area contributed by atoms with E-state index in [-0.39, 0.29) is 0 Å². The molecule has 1 fully saturated rings. The lowest BCUT2D eigenvalue weighted by molar-refractivity contribution is 0.249. The van der Waals surface area contributed by atoms with Crippen LogP contribution in [0.15, 0.2) is 36.7 Å². The van der Waals surface area contributed by atoms with Gasteiger partial charge in [-0.3, -0.25) is 0 Å². The Morgan fingerprint density at radius 3 is 1.88 bits per heavy atom. The van der Waals surface area contributed by atoms with E-state index in [1.807, 2.05) is 0 Å². The van der Waals surface area contributed by atoms with Crippen molar-refractivity contribution in [1.29, 1.82) is 0 Å². The van der Waals surface area contributed by atoms with E-state index in [1.54, 1.807) is 0 Å². The standard InChI is InChI=1S/C30H46N2/c1-3-5-7-8-10-12-26-19-21-29(22-20-26)30-31-23-28(24-32-30)18-17-27-15-13-25(14-16-27)11-9-6-4-2/h19-25,27H,3-18H2,1-2H3. The molecule has 0 unspecified atom stereocenters. The zero-order valence-corrected chi connectivity index (χ0v) is 20.8. The summed E-state index contributed by atoms with van der Waals surface area (Å²) in [5.74, 6) is 2.77. The Bertz CT molecular complexity index is 726. The van der Waals surface area contributed by atoms with Gasteiger partial charge in [-0.25, -0.2) is 9.97 Å². The van der Waals surface area contributed by atoms with E-state index in [0.717, 1.165) is 29.6 Å². The summed E-state index contributed by atoms with van der Waals surface area (Å²) < 4.78 is 0. The number of aromatic nitrogens is 2. The monoisotopic (exact) mass is 434 g/mol. The van der Waals surface area contributed by atoms with Gasteiger partial charge in [0.2, 0.25) is 0 Å². The number of nitrogens with zero attached hydrogens (tertiary/aromatic N) is 2. The number of hydrogen-bond acceptors (Lipinski definition) is 2. The fourth-order valence-corrected chi connectivity index (χ4v) is 5.25. The molecule has 2 nitrogen and oxygen atoms in total. The minimum Gasteiger partial charge on any atom is -0.236 e. The van der Waals surface area contributed by atoms with Crippen LogP contribution in [0, 0.1) is 11.8 Å². The fraction of sp³-hybridized carbons (Fsp3) is 0.667. The molecule has 0 saturated heterocycles. The summed E-state index contributed by atoms with van der Waals surface area (Å²) in [5, 5.41) is 0. The van der Waals surface area contributed by atoms with Crippen molar-refractivity contribution in [3.05, 3.63) is 47.8 Å². The van der Waals surface area contributed by atoms with Crippen LogP contribution in [-0.4, -0.2) is 9.97 Å². The van der Waals surface area contributed by atoms with E-state index in [1.165, 1.54) is 107 Å². The van der Waals surface area contributed by atoms with Crippen molar-refractivity contribution >= 4 is 0 Å². The number of unbranched alkanes of at least 4 members (excludes halogenated alkanes) is 6. The molecule has 0 aliphatic heterocycles. The molecule has 2 heteroatoms. The van der Waals surface area contributed by atoms with Gasteiger partial charge >= 0.3 is 0 Å². The Kier molecular flexibility index (Phi) is 11.3. The van der Waals surface area contributed by atoms with Crippen molar-refractivity contribution in [2.24, 2.45) is 11.8 Å². The Balaban J connectivity index is 1.38. The molecule has 1 aliphatic carbocycles. The third-order valence-electron chi connectivity index (χ3n) is 7.51. The Hall–Kier alpha value is -1.70. The lowest BCUT2D eigenvalue weighted by Crippen LogP contribution is -2.15. The molecular formula is C30H46N2. The highest BCUT2D eigenvalue weighted by atomic mass is 14.9. The van der Waals surface area contributed by atoms with E-state index in [2.05, 4.69) is 60.5 Å². The molecule has 1 aromatic carbocycles. The summed E-state index contributed by atoms with van der Waals surface area (Å²) in [6.45, 7) is 4.58. The minimum atomic E-state index is 0.857. The van der Waals surface area contributed by atoms with E-state index in [4.69, 9.17) is 0 Å². The highest BCUT2D eigenvalue weighted by molar-refractivity contribution is 5.55. The average Bonchev–Trinajstić information content (AvgIpc) is 2.84. The van der Waals surface area contributed by atoms with Crippen LogP contribution in [0.5, 0.6) is 0 Å². The molecule has 176 valence electrons. The summed E-state index contributed by atoms with van der Waals surface area (Å²) in [6.07, 6.45) is 25.9. The summed E-state index contributed by atoms with van der Waals surface area (Å²) in [4.78, 5) is 9.36. The van der Waals surface area contributed by atoms with Crippen LogP contribution >= 0.6 is 0 Å². The maximum atomic E-state index is 4.68. The summed E-state index contributed by atoms with van der Waals surface area (Å²) in [6, 6.07) is 8.89. The minimum absolute atomic E-state index is 0.857. The molecule has 0 N–H and O–H groups in total. The van der Waals surface area contributed by atoms with Gasteiger partial charge < -0.3 is 0 Å². The Labute approximate surface area is 197 Å². The van der Waals surface area contributed by atoms with Crippen molar-refractivity contribution < 1.29 is 0 Å². The third-order valence-corrected chi connectivity index (χ3v) is 7.51. The normalized spacial score (nSPS) is 18.7. The van der Waals surface area contributed by atoms with Gasteiger partial charge in [-0.1, -0.05) is 115 Å². The predicted octanol–water partition coefficient (Wildman–Crippen LogP) is 8.98. The van der Waals surface area contributed by atoms with Crippen molar-refractivity contribution in [1.82, 2.24) is 9.97 Å². The largest absolute Gasteiger partial charge is 0.236 e. The molecule has 1 aromatic heterocycles. The molecule has 0 spiro atoms. The molecule has 0 bridgehead atoms. The smallest absolute Gasteiger partial charge is 0.159 e. The number of aryl methyl sites for hydroxylation is 2. The molecule has 1 aliphatic rings. The number of hydrogen-bond donors (Lipinski definition) is 0. The molecule has 0 radical (unpaired) electrons. The van der Waals surface area contributed by atoms with E-state index in [0.29, 0.717) is 0 Å². The zero-order chi connectivity index (χ0) is 22.4. The first-order valence-corrected chi connectivity index (χ1v) is 13.7. The van der Waals surface area contributed by atoms with Crippen molar-refractivity contribution in [2.45, 2.75) is 117 Å². The molecule has 0 amide bonds. The van der Waals surface area contributed by atoms with Crippen molar-refractivity contribution in [3.63, 3.8) is 0 Å². The molecule has 32 heavy (non-hydrogen) atoms. The molecule has 0 atom stereocenters.